The van der Waals surface area contributed by atoms with Crippen LogP contribution in [0.25, 0.3) is 0 Å². The number of nitrogens with zero attached hydrogens (tertiary/aromatic N) is 4. The highest BCUT2D eigenvalue weighted by atomic mass is 16.5. The Bertz CT molecular complexity index is 1340. The largest absolute Gasteiger partial charge is 0.497 e. The van der Waals surface area contributed by atoms with Crippen molar-refractivity contribution in [2.24, 2.45) is 22.0 Å². The topological polar surface area (TPSA) is 83.8 Å². The van der Waals surface area contributed by atoms with Crippen molar-refractivity contribution in [2.75, 3.05) is 24.2 Å². The number of ether oxygens (including phenoxy) is 2. The molecule has 8 nitrogen and oxygen atoms in total. The van der Waals surface area contributed by atoms with Gasteiger partial charge < -0.3 is 9.47 Å². The molecule has 2 amide bonds. The highest BCUT2D eigenvalue weighted by molar-refractivity contribution is 6.20. The summed E-state index contributed by atoms with van der Waals surface area (Å²) in [4.78, 5) is 28.4. The Balaban J connectivity index is 1.67. The highest BCUT2D eigenvalue weighted by Crippen LogP contribution is 2.46. The summed E-state index contributed by atoms with van der Waals surface area (Å²) in [5.41, 5.74) is 3.54. The molecule has 2 unspecified atom stereocenters. The van der Waals surface area contributed by atoms with Crippen LogP contribution >= 0.6 is 0 Å². The molecule has 0 bridgehead atoms. The van der Waals surface area contributed by atoms with E-state index < -0.39 is 17.8 Å². The van der Waals surface area contributed by atoms with E-state index in [-0.39, 0.29) is 11.8 Å². The molecule has 2 aliphatic rings. The number of hydrogen-bond donors (Lipinski definition) is 0. The number of hydrogen-bond acceptors (Lipinski definition) is 6. The zero-order valence-electron chi connectivity index (χ0n) is 22.6. The van der Waals surface area contributed by atoms with Gasteiger partial charge in [-0.15, -0.1) is 0 Å². The third-order valence-corrected chi connectivity index (χ3v) is 7.37. The molecule has 3 aromatic carbocycles. The molecule has 0 N–H and O–H groups in total. The monoisotopic (exact) mass is 524 g/mol. The lowest BCUT2D eigenvalue weighted by molar-refractivity contribution is -0.122. The molecule has 5 rings (SSSR count). The van der Waals surface area contributed by atoms with Crippen LogP contribution in [0.3, 0.4) is 0 Å². The minimum absolute atomic E-state index is 0.178. The summed E-state index contributed by atoms with van der Waals surface area (Å²) >= 11 is 0. The Hall–Kier alpha value is -4.46. The molecule has 39 heavy (non-hydrogen) atoms. The Morgan fingerprint density at radius 1 is 0.718 bits per heavy atom. The molecule has 0 aliphatic carbocycles. The van der Waals surface area contributed by atoms with Crippen molar-refractivity contribution < 1.29 is 19.1 Å². The molecule has 0 radical (unpaired) electrons. The van der Waals surface area contributed by atoms with Crippen molar-refractivity contribution in [3.8, 4) is 11.5 Å². The summed E-state index contributed by atoms with van der Waals surface area (Å²) in [6.07, 6.45) is 1.10. The zero-order valence-corrected chi connectivity index (χ0v) is 22.6. The fourth-order valence-corrected chi connectivity index (χ4v) is 5.49. The molecule has 200 valence electrons. The van der Waals surface area contributed by atoms with Crippen LogP contribution in [0.15, 0.2) is 89.1 Å². The summed E-state index contributed by atoms with van der Waals surface area (Å²) in [6, 6.07) is 24.2. The molecule has 0 fully saturated rings. The van der Waals surface area contributed by atoms with Crippen LogP contribution in [0.2, 0.25) is 0 Å². The summed E-state index contributed by atoms with van der Waals surface area (Å²) < 4.78 is 11.3. The fraction of sp³-hybridized carbons (Fsp3) is 0.290. The molecular weight excluding hydrogens is 492 g/mol. The van der Waals surface area contributed by atoms with E-state index in [9.17, 15) is 9.59 Å². The minimum atomic E-state index is -0.682. The summed E-state index contributed by atoms with van der Waals surface area (Å²) in [5, 5.41) is 12.5. The Morgan fingerprint density at radius 3 is 1.62 bits per heavy atom. The van der Waals surface area contributed by atoms with Gasteiger partial charge in [-0.2, -0.15) is 10.2 Å². The van der Waals surface area contributed by atoms with Gasteiger partial charge in [-0.1, -0.05) is 56.3 Å². The normalized spacial score (nSPS) is 19.7. The zero-order chi connectivity index (χ0) is 27.5. The molecular formula is C31H32N4O4. The van der Waals surface area contributed by atoms with Gasteiger partial charge in [-0.05, 0) is 48.7 Å². The lowest BCUT2D eigenvalue weighted by atomic mass is 9.71. The van der Waals surface area contributed by atoms with Crippen molar-refractivity contribution in [1.82, 2.24) is 0 Å². The van der Waals surface area contributed by atoms with Crippen molar-refractivity contribution >= 4 is 34.6 Å². The van der Waals surface area contributed by atoms with E-state index in [1.165, 1.54) is 10.0 Å². The van der Waals surface area contributed by atoms with Gasteiger partial charge in [0, 0.05) is 12.0 Å². The third kappa shape index (κ3) is 4.67. The summed E-state index contributed by atoms with van der Waals surface area (Å²) in [6.45, 7) is 3.97. The first kappa shape index (κ1) is 26.2. The summed E-state index contributed by atoms with van der Waals surface area (Å²) in [5.74, 6) is -1.15. The van der Waals surface area contributed by atoms with Gasteiger partial charge in [0.25, 0.3) is 11.8 Å². The predicted octanol–water partition coefficient (Wildman–Crippen LogP) is 5.65. The van der Waals surface area contributed by atoms with Gasteiger partial charge in [-0.3, -0.25) is 9.59 Å². The van der Waals surface area contributed by atoms with Gasteiger partial charge >= 0.3 is 0 Å². The average Bonchev–Trinajstić information content (AvgIpc) is 3.50. The standard InChI is InChI=1S/C31H32N4O4/c1-5-24-28(30(36)34(32-24)20-13-9-7-10-14-20)27(23-18-17-22(38-3)19-26(23)39-4)29-25(6-2)33-35(31(29)37)21-15-11-8-12-16-21/h7-19,27-29H,5-6H2,1-4H3. The van der Waals surface area contributed by atoms with Crippen molar-refractivity contribution in [2.45, 2.75) is 32.6 Å². The number of carbonyl (C=O) groups is 2. The van der Waals surface area contributed by atoms with E-state index in [0.29, 0.717) is 47.1 Å². The fourth-order valence-electron chi connectivity index (χ4n) is 5.49. The lowest BCUT2D eigenvalue weighted by Crippen LogP contribution is -2.41. The molecule has 3 aromatic rings. The first-order valence-corrected chi connectivity index (χ1v) is 13.2. The summed E-state index contributed by atoms with van der Waals surface area (Å²) in [7, 11) is 3.17. The van der Waals surface area contributed by atoms with E-state index in [1.807, 2.05) is 86.6 Å². The van der Waals surface area contributed by atoms with Gasteiger partial charge in [0.1, 0.15) is 11.5 Å². The number of amides is 2. The number of hydrazone groups is 2. The number of methoxy groups -OCH3 is 2. The van der Waals surface area contributed by atoms with Crippen LogP contribution in [0.5, 0.6) is 11.5 Å². The molecule has 2 heterocycles. The smallest absolute Gasteiger partial charge is 0.256 e. The quantitative estimate of drug-likeness (QED) is 0.362. The first-order chi connectivity index (χ1) is 19.0. The van der Waals surface area contributed by atoms with Gasteiger partial charge in [0.15, 0.2) is 0 Å². The molecule has 8 heteroatoms. The van der Waals surface area contributed by atoms with Crippen LogP contribution in [0.1, 0.15) is 38.2 Å². The Morgan fingerprint density at radius 2 is 1.21 bits per heavy atom. The highest BCUT2D eigenvalue weighted by Gasteiger charge is 2.51. The molecule has 0 saturated carbocycles. The first-order valence-electron chi connectivity index (χ1n) is 13.2. The molecule has 0 saturated heterocycles. The molecule has 2 atom stereocenters. The van der Waals surface area contributed by atoms with E-state index in [2.05, 4.69) is 0 Å². The number of carbonyl (C=O) groups excluding carboxylic acids is 2. The van der Waals surface area contributed by atoms with Crippen LogP contribution in [0.4, 0.5) is 11.4 Å². The number of para-hydroxylation sites is 2. The van der Waals surface area contributed by atoms with Gasteiger partial charge in [0.05, 0.1) is 48.9 Å². The Labute approximate surface area is 228 Å². The van der Waals surface area contributed by atoms with Gasteiger partial charge in [0.2, 0.25) is 0 Å². The second kappa shape index (κ2) is 11.1. The maximum Gasteiger partial charge on any atom is 0.256 e. The minimum Gasteiger partial charge on any atom is -0.497 e. The predicted molar refractivity (Wildman–Crippen MR) is 153 cm³/mol. The maximum absolute atomic E-state index is 14.2. The molecule has 0 spiro atoms. The second-order valence-electron chi connectivity index (χ2n) is 9.45. The van der Waals surface area contributed by atoms with Crippen LogP contribution < -0.4 is 19.5 Å². The molecule has 0 aromatic heterocycles. The van der Waals surface area contributed by atoms with E-state index in [0.717, 1.165) is 5.56 Å². The van der Waals surface area contributed by atoms with Crippen molar-refractivity contribution in [3.05, 3.63) is 84.4 Å². The number of benzene rings is 3. The average molecular weight is 525 g/mol. The number of rotatable bonds is 9. The van der Waals surface area contributed by atoms with E-state index in [4.69, 9.17) is 19.7 Å². The number of anilines is 2. The van der Waals surface area contributed by atoms with Crippen LogP contribution in [0, 0.1) is 11.8 Å². The van der Waals surface area contributed by atoms with Crippen molar-refractivity contribution in [3.63, 3.8) is 0 Å². The lowest BCUT2D eigenvalue weighted by Gasteiger charge is -2.30. The Kier molecular flexibility index (Phi) is 7.45. The van der Waals surface area contributed by atoms with Gasteiger partial charge in [-0.25, -0.2) is 10.0 Å². The van der Waals surface area contributed by atoms with Crippen LogP contribution in [-0.4, -0.2) is 37.5 Å². The van der Waals surface area contributed by atoms with Crippen molar-refractivity contribution in [1.29, 1.82) is 0 Å². The van der Waals surface area contributed by atoms with E-state index >= 15 is 0 Å². The van der Waals surface area contributed by atoms with Crippen LogP contribution in [-0.2, 0) is 9.59 Å². The third-order valence-electron chi connectivity index (χ3n) is 7.37. The second-order valence-corrected chi connectivity index (χ2v) is 9.45. The maximum atomic E-state index is 14.2. The SMILES string of the molecule is CCC1=NN(c2ccccc2)C(=O)C1C(c1ccc(OC)cc1OC)C1C(=O)N(c2ccccc2)N=C1CC. The molecule has 2 aliphatic heterocycles. The van der Waals surface area contributed by atoms with E-state index in [1.54, 1.807) is 20.3 Å².